The third-order valence-electron chi connectivity index (χ3n) is 3.98. The predicted molar refractivity (Wildman–Crippen MR) is 58.9 cm³/mol. The summed E-state index contributed by atoms with van der Waals surface area (Å²) in [4.78, 5) is 0. The molecule has 2 atom stereocenters. The van der Waals surface area contributed by atoms with Crippen LogP contribution in [0.3, 0.4) is 0 Å². The van der Waals surface area contributed by atoms with E-state index < -0.39 is 0 Å². The molecule has 4 nitrogen and oxygen atoms in total. The maximum atomic E-state index is 5.36. The summed E-state index contributed by atoms with van der Waals surface area (Å²) in [5.74, 6) is 2.17. The smallest absolute Gasteiger partial charge is 0.146 e. The Morgan fingerprint density at radius 1 is 0.688 bits per heavy atom. The van der Waals surface area contributed by atoms with Gasteiger partial charge >= 0.3 is 0 Å². The van der Waals surface area contributed by atoms with Crippen LogP contribution in [0.5, 0.6) is 0 Å². The Hall–Kier alpha value is -0.160. The van der Waals surface area contributed by atoms with E-state index in [9.17, 15) is 0 Å². The van der Waals surface area contributed by atoms with Crippen molar-refractivity contribution in [3.63, 3.8) is 0 Å². The summed E-state index contributed by atoms with van der Waals surface area (Å²) >= 11 is 0. The Morgan fingerprint density at radius 2 is 1.00 bits per heavy atom. The van der Waals surface area contributed by atoms with Gasteiger partial charge in [0.1, 0.15) is 13.6 Å². The number of rotatable bonds is 3. The Balaban J connectivity index is 1.84. The van der Waals surface area contributed by atoms with E-state index in [1.165, 1.54) is 0 Å². The lowest BCUT2D eigenvalue weighted by Gasteiger charge is -2.36. The van der Waals surface area contributed by atoms with Crippen molar-refractivity contribution in [2.75, 3.05) is 40.0 Å². The van der Waals surface area contributed by atoms with Crippen molar-refractivity contribution in [3.8, 4) is 0 Å². The first-order valence-electron chi connectivity index (χ1n) is 6.10. The fraction of sp³-hybridized carbons (Fsp3) is 1.00. The average molecular weight is 230 g/mol. The van der Waals surface area contributed by atoms with E-state index >= 15 is 0 Å². The molecule has 2 aliphatic rings. The average Bonchev–Trinajstić information content (AvgIpc) is 2.39. The largest absolute Gasteiger partial charge is 0.355 e. The van der Waals surface area contributed by atoms with Crippen LogP contribution in [0.1, 0.15) is 13.8 Å². The Morgan fingerprint density at radius 3 is 1.31 bits per heavy atom. The van der Waals surface area contributed by atoms with E-state index in [1.807, 2.05) is 0 Å². The van der Waals surface area contributed by atoms with E-state index in [4.69, 9.17) is 18.9 Å². The molecule has 2 fully saturated rings. The lowest BCUT2D eigenvalue weighted by atomic mass is 9.77. The van der Waals surface area contributed by atoms with Crippen LogP contribution in [-0.4, -0.2) is 40.0 Å². The number of ether oxygens (including phenoxy) is 4. The molecule has 0 radical (unpaired) electrons. The van der Waals surface area contributed by atoms with Crippen LogP contribution in [-0.2, 0) is 18.9 Å². The normalized spacial score (nSPS) is 28.9. The van der Waals surface area contributed by atoms with Gasteiger partial charge in [-0.25, -0.2) is 0 Å². The molecule has 0 aliphatic carbocycles. The highest BCUT2D eigenvalue weighted by molar-refractivity contribution is 4.78. The quantitative estimate of drug-likeness (QED) is 0.736. The third-order valence-corrected chi connectivity index (χ3v) is 3.98. The Kier molecular flexibility index (Phi) is 4.58. The summed E-state index contributed by atoms with van der Waals surface area (Å²) in [6, 6.07) is 0. The summed E-state index contributed by atoms with van der Waals surface area (Å²) < 4.78 is 21.4. The van der Waals surface area contributed by atoms with E-state index in [1.54, 1.807) is 0 Å². The van der Waals surface area contributed by atoms with Crippen molar-refractivity contribution in [1.82, 2.24) is 0 Å². The minimum Gasteiger partial charge on any atom is -0.355 e. The van der Waals surface area contributed by atoms with Crippen LogP contribution >= 0.6 is 0 Å². The van der Waals surface area contributed by atoms with Gasteiger partial charge in [0.2, 0.25) is 0 Å². The van der Waals surface area contributed by atoms with Gasteiger partial charge in [0, 0.05) is 11.8 Å². The van der Waals surface area contributed by atoms with Crippen molar-refractivity contribution in [1.29, 1.82) is 0 Å². The standard InChI is InChI=1S/C12H22O4/c1-9(11-3-13-7-14-4-11)10(2)12-5-15-8-16-6-12/h9-12H,3-8H2,1-2H3/t9-,10+. The fourth-order valence-corrected chi connectivity index (χ4v) is 2.48. The van der Waals surface area contributed by atoms with Gasteiger partial charge in [-0.3, -0.25) is 0 Å². The second-order valence-corrected chi connectivity index (χ2v) is 4.96. The van der Waals surface area contributed by atoms with Crippen LogP contribution in [0.25, 0.3) is 0 Å². The van der Waals surface area contributed by atoms with Gasteiger partial charge < -0.3 is 18.9 Å². The second kappa shape index (κ2) is 5.96. The van der Waals surface area contributed by atoms with Gasteiger partial charge in [-0.1, -0.05) is 13.8 Å². The Bertz CT molecular complexity index is 175. The first-order chi connectivity index (χ1) is 7.79. The molecule has 0 N–H and O–H groups in total. The topological polar surface area (TPSA) is 36.9 Å². The second-order valence-electron chi connectivity index (χ2n) is 4.96. The molecule has 94 valence electrons. The zero-order valence-corrected chi connectivity index (χ0v) is 10.2. The molecule has 0 spiro atoms. The molecule has 16 heavy (non-hydrogen) atoms. The van der Waals surface area contributed by atoms with Crippen molar-refractivity contribution in [3.05, 3.63) is 0 Å². The molecule has 0 amide bonds. The van der Waals surface area contributed by atoms with Crippen LogP contribution < -0.4 is 0 Å². The minimum absolute atomic E-state index is 0.452. The first kappa shape index (κ1) is 12.3. The summed E-state index contributed by atoms with van der Waals surface area (Å²) in [5, 5.41) is 0. The van der Waals surface area contributed by atoms with Gasteiger partial charge in [-0.15, -0.1) is 0 Å². The van der Waals surface area contributed by atoms with Crippen molar-refractivity contribution in [2.24, 2.45) is 23.7 Å². The van der Waals surface area contributed by atoms with Crippen molar-refractivity contribution >= 4 is 0 Å². The lowest BCUT2D eigenvalue weighted by Crippen LogP contribution is -2.38. The molecule has 2 aliphatic heterocycles. The number of hydrogen-bond acceptors (Lipinski definition) is 4. The molecule has 2 rings (SSSR count). The van der Waals surface area contributed by atoms with E-state index in [2.05, 4.69) is 13.8 Å². The molecule has 0 bridgehead atoms. The maximum Gasteiger partial charge on any atom is 0.146 e. The molecule has 0 aromatic carbocycles. The van der Waals surface area contributed by atoms with Crippen LogP contribution in [0.2, 0.25) is 0 Å². The van der Waals surface area contributed by atoms with Crippen molar-refractivity contribution < 1.29 is 18.9 Å². The Labute approximate surface area is 97.2 Å². The third kappa shape index (κ3) is 2.94. The zero-order chi connectivity index (χ0) is 11.4. The molecular formula is C12H22O4. The number of hydrogen-bond donors (Lipinski definition) is 0. The molecule has 2 heterocycles. The van der Waals surface area contributed by atoms with Crippen LogP contribution in [0, 0.1) is 23.7 Å². The highest BCUT2D eigenvalue weighted by Crippen LogP contribution is 2.30. The molecular weight excluding hydrogens is 208 g/mol. The molecule has 2 saturated heterocycles. The van der Waals surface area contributed by atoms with Gasteiger partial charge in [0.05, 0.1) is 26.4 Å². The summed E-state index contributed by atoms with van der Waals surface area (Å²) in [7, 11) is 0. The molecule has 0 aromatic rings. The zero-order valence-electron chi connectivity index (χ0n) is 10.2. The fourth-order valence-electron chi connectivity index (χ4n) is 2.48. The highest BCUT2D eigenvalue weighted by Gasteiger charge is 2.31. The molecule has 0 unspecified atom stereocenters. The van der Waals surface area contributed by atoms with Gasteiger partial charge in [-0.05, 0) is 11.8 Å². The SMILES string of the molecule is C[C@H](C1COCOC1)[C@@H](C)C1COCOC1. The van der Waals surface area contributed by atoms with Crippen molar-refractivity contribution in [2.45, 2.75) is 13.8 Å². The summed E-state index contributed by atoms with van der Waals surface area (Å²) in [6.45, 7) is 8.74. The minimum atomic E-state index is 0.452. The van der Waals surface area contributed by atoms with Crippen LogP contribution in [0.15, 0.2) is 0 Å². The summed E-state index contributed by atoms with van der Waals surface area (Å²) in [6.07, 6.45) is 0. The summed E-state index contributed by atoms with van der Waals surface area (Å²) in [5.41, 5.74) is 0. The molecule has 0 saturated carbocycles. The molecule has 4 heteroatoms. The predicted octanol–water partition coefficient (Wildman–Crippen LogP) is 1.50. The first-order valence-corrected chi connectivity index (χ1v) is 6.10. The van der Waals surface area contributed by atoms with Gasteiger partial charge in [0.15, 0.2) is 0 Å². The van der Waals surface area contributed by atoms with Gasteiger partial charge in [0.25, 0.3) is 0 Å². The van der Waals surface area contributed by atoms with E-state index in [-0.39, 0.29) is 0 Å². The van der Waals surface area contributed by atoms with Crippen LogP contribution in [0.4, 0.5) is 0 Å². The maximum absolute atomic E-state index is 5.36. The lowest BCUT2D eigenvalue weighted by molar-refractivity contribution is -0.160. The highest BCUT2D eigenvalue weighted by atomic mass is 16.7. The van der Waals surface area contributed by atoms with E-state index in [0.717, 1.165) is 26.4 Å². The van der Waals surface area contributed by atoms with E-state index in [0.29, 0.717) is 37.3 Å². The van der Waals surface area contributed by atoms with Gasteiger partial charge in [-0.2, -0.15) is 0 Å². The monoisotopic (exact) mass is 230 g/mol. The molecule has 0 aromatic heterocycles.